The Labute approximate surface area is 74.1 Å². The van der Waals surface area contributed by atoms with Gasteiger partial charge in [-0.15, -0.1) is 0 Å². The second-order valence-electron chi connectivity index (χ2n) is 2.68. The summed E-state index contributed by atoms with van der Waals surface area (Å²) in [5.74, 6) is -0.310. The highest BCUT2D eigenvalue weighted by molar-refractivity contribution is 6.67. The Hall–Kier alpha value is -0.393. The van der Waals surface area contributed by atoms with Crippen LogP contribution in [-0.2, 0) is 18.4 Å². The van der Waals surface area contributed by atoms with Crippen LogP contribution in [0.1, 0.15) is 13.8 Å². The molecule has 0 saturated heterocycles. The molecule has 72 valence electrons. The highest BCUT2D eigenvalue weighted by Crippen LogP contribution is 2.13. The molecule has 4 nitrogen and oxygen atoms in total. The van der Waals surface area contributed by atoms with Crippen molar-refractivity contribution in [2.24, 2.45) is 0 Å². The average Bonchev–Trinajstić information content (AvgIpc) is 2.02. The van der Waals surface area contributed by atoms with E-state index in [1.165, 1.54) is 6.92 Å². The van der Waals surface area contributed by atoms with Crippen LogP contribution in [0.4, 0.5) is 0 Å². The lowest BCUT2D eigenvalue weighted by Gasteiger charge is -2.28. The van der Waals surface area contributed by atoms with E-state index in [-0.39, 0.29) is 11.7 Å². The van der Waals surface area contributed by atoms with Gasteiger partial charge in [-0.1, -0.05) is 0 Å². The second kappa shape index (κ2) is 4.59. The summed E-state index contributed by atoms with van der Waals surface area (Å²) in [6.07, 6.45) is 0. The minimum Gasteiger partial charge on any atom is -0.461 e. The minimum atomic E-state index is -2.31. The number of hydrogen-bond acceptors (Lipinski definition) is 4. The summed E-state index contributed by atoms with van der Waals surface area (Å²) in [4.78, 5) is 10.6. The van der Waals surface area contributed by atoms with E-state index in [2.05, 4.69) is 0 Å². The van der Waals surface area contributed by atoms with Crippen LogP contribution in [0, 0.1) is 0 Å². The fraction of sp³-hybridized carbons (Fsp3) is 0.857. The van der Waals surface area contributed by atoms with Crippen molar-refractivity contribution in [1.29, 1.82) is 0 Å². The van der Waals surface area contributed by atoms with Crippen LogP contribution in [0.3, 0.4) is 0 Å². The van der Waals surface area contributed by atoms with Gasteiger partial charge in [0.15, 0.2) is 0 Å². The number of hydrogen-bond donors (Lipinski definition) is 0. The Morgan fingerprint density at radius 3 is 2.00 bits per heavy atom. The summed E-state index contributed by atoms with van der Waals surface area (Å²) < 4.78 is 15.3. The van der Waals surface area contributed by atoms with Gasteiger partial charge in [0, 0.05) is 21.1 Å². The molecule has 0 aromatic heterocycles. The molecule has 0 aliphatic heterocycles. The molecule has 0 aliphatic rings. The molecule has 0 heterocycles. The van der Waals surface area contributed by atoms with E-state index in [1.807, 2.05) is 6.55 Å². The Morgan fingerprint density at radius 2 is 1.75 bits per heavy atom. The number of esters is 1. The molecule has 0 spiro atoms. The number of carbonyl (C=O) groups is 1. The molecule has 0 amide bonds. The molecule has 12 heavy (non-hydrogen) atoms. The molecule has 0 fully saturated rings. The van der Waals surface area contributed by atoms with E-state index in [1.54, 1.807) is 21.1 Å². The fourth-order valence-corrected chi connectivity index (χ4v) is 1.98. The third-order valence-electron chi connectivity index (χ3n) is 1.89. The molecule has 0 bridgehead atoms. The third kappa shape index (κ3) is 2.92. The normalized spacial score (nSPS) is 14.1. The highest BCUT2D eigenvalue weighted by atomic mass is 28.4. The van der Waals surface area contributed by atoms with Crippen LogP contribution >= 0.6 is 0 Å². The van der Waals surface area contributed by atoms with E-state index in [4.69, 9.17) is 13.6 Å². The monoisotopic (exact) mass is 192 g/mol. The zero-order valence-electron chi connectivity index (χ0n) is 8.21. The lowest BCUT2D eigenvalue weighted by molar-refractivity contribution is -0.143. The molecule has 0 saturated carbocycles. The van der Waals surface area contributed by atoms with Crippen LogP contribution in [0.2, 0.25) is 6.55 Å². The standard InChI is InChI=1S/C7H16O4Si/c1-6(8)11-7(2)12(5,9-3)10-4/h7H,1-5H3. The number of rotatable bonds is 4. The maximum atomic E-state index is 10.6. The van der Waals surface area contributed by atoms with E-state index in [0.717, 1.165) is 0 Å². The largest absolute Gasteiger partial charge is 0.461 e. The van der Waals surface area contributed by atoms with Crippen LogP contribution < -0.4 is 0 Å². The van der Waals surface area contributed by atoms with E-state index in [9.17, 15) is 4.79 Å². The van der Waals surface area contributed by atoms with Crippen molar-refractivity contribution >= 4 is 14.5 Å². The van der Waals surface area contributed by atoms with Gasteiger partial charge in [0.2, 0.25) is 0 Å². The smallest absolute Gasteiger partial charge is 0.376 e. The molecule has 0 aromatic rings. The van der Waals surface area contributed by atoms with Crippen LogP contribution in [0.25, 0.3) is 0 Å². The summed E-state index contributed by atoms with van der Waals surface area (Å²) in [6.45, 7) is 5.00. The summed E-state index contributed by atoms with van der Waals surface area (Å²) in [5, 5.41) is 0. The summed E-state index contributed by atoms with van der Waals surface area (Å²) in [6, 6.07) is 0. The van der Waals surface area contributed by atoms with Crippen molar-refractivity contribution in [3.05, 3.63) is 0 Å². The van der Waals surface area contributed by atoms with Gasteiger partial charge in [-0.25, -0.2) is 0 Å². The molecule has 1 atom stereocenters. The highest BCUT2D eigenvalue weighted by Gasteiger charge is 2.38. The van der Waals surface area contributed by atoms with Gasteiger partial charge >= 0.3 is 14.5 Å². The van der Waals surface area contributed by atoms with Gasteiger partial charge in [-0.05, 0) is 13.5 Å². The summed E-state index contributed by atoms with van der Waals surface area (Å²) in [7, 11) is 0.824. The maximum Gasteiger partial charge on any atom is 0.376 e. The molecule has 1 unspecified atom stereocenters. The zero-order valence-corrected chi connectivity index (χ0v) is 9.21. The first-order chi connectivity index (χ1) is 5.46. The van der Waals surface area contributed by atoms with Crippen molar-refractivity contribution in [1.82, 2.24) is 0 Å². The van der Waals surface area contributed by atoms with Crippen LogP contribution in [0.5, 0.6) is 0 Å². The molecule has 0 aromatic carbocycles. The molecule has 0 rings (SSSR count). The minimum absolute atomic E-state index is 0.287. The topological polar surface area (TPSA) is 44.8 Å². The molecule has 0 N–H and O–H groups in total. The van der Waals surface area contributed by atoms with E-state index in [0.29, 0.717) is 0 Å². The first kappa shape index (κ1) is 11.6. The molecule has 0 aliphatic carbocycles. The van der Waals surface area contributed by atoms with Gasteiger partial charge < -0.3 is 13.6 Å². The van der Waals surface area contributed by atoms with Crippen LogP contribution in [-0.4, -0.2) is 34.5 Å². The predicted octanol–water partition coefficient (Wildman–Crippen LogP) is 0.842. The number of carbonyl (C=O) groups excluding carboxylic acids is 1. The Balaban J connectivity index is 4.20. The summed E-state index contributed by atoms with van der Waals surface area (Å²) >= 11 is 0. The van der Waals surface area contributed by atoms with Crippen molar-refractivity contribution < 1.29 is 18.4 Å². The first-order valence-electron chi connectivity index (χ1n) is 3.73. The van der Waals surface area contributed by atoms with Crippen molar-refractivity contribution in [2.45, 2.75) is 26.1 Å². The van der Waals surface area contributed by atoms with E-state index < -0.39 is 8.56 Å². The molecular weight excluding hydrogens is 176 g/mol. The molecule has 5 heteroatoms. The maximum absolute atomic E-state index is 10.6. The Kier molecular flexibility index (Phi) is 4.44. The van der Waals surface area contributed by atoms with Gasteiger partial charge in [0.1, 0.15) is 5.73 Å². The van der Waals surface area contributed by atoms with Gasteiger partial charge in [0.05, 0.1) is 0 Å². The lowest BCUT2D eigenvalue weighted by Crippen LogP contribution is -2.49. The molecular formula is C7H16O4Si. The van der Waals surface area contributed by atoms with E-state index >= 15 is 0 Å². The fourth-order valence-electron chi connectivity index (χ4n) is 0.771. The quantitative estimate of drug-likeness (QED) is 0.489. The average molecular weight is 192 g/mol. The third-order valence-corrected chi connectivity index (χ3v) is 5.11. The van der Waals surface area contributed by atoms with Crippen molar-refractivity contribution in [3.8, 4) is 0 Å². The van der Waals surface area contributed by atoms with Crippen molar-refractivity contribution in [2.75, 3.05) is 14.2 Å². The van der Waals surface area contributed by atoms with Gasteiger partial charge in [-0.3, -0.25) is 4.79 Å². The van der Waals surface area contributed by atoms with Gasteiger partial charge in [-0.2, -0.15) is 0 Å². The lowest BCUT2D eigenvalue weighted by atomic mass is 10.8. The predicted molar refractivity (Wildman–Crippen MR) is 46.9 cm³/mol. The number of ether oxygens (including phenoxy) is 1. The SMILES string of the molecule is CO[Si](C)(OC)C(C)OC(C)=O. The van der Waals surface area contributed by atoms with Crippen LogP contribution in [0.15, 0.2) is 0 Å². The molecule has 0 radical (unpaired) electrons. The second-order valence-corrected chi connectivity index (χ2v) is 6.34. The first-order valence-corrected chi connectivity index (χ1v) is 6.13. The van der Waals surface area contributed by atoms with Crippen molar-refractivity contribution in [3.63, 3.8) is 0 Å². The Morgan fingerprint density at radius 1 is 1.33 bits per heavy atom. The zero-order chi connectivity index (χ0) is 9.78. The Bertz CT molecular complexity index is 155. The van der Waals surface area contributed by atoms with Gasteiger partial charge in [0.25, 0.3) is 0 Å². The summed E-state index contributed by atoms with van der Waals surface area (Å²) in [5.41, 5.74) is -0.287.